The third-order valence-corrected chi connectivity index (χ3v) is 3.22. The van der Waals surface area contributed by atoms with Crippen LogP contribution in [-0.2, 0) is 16.1 Å². The van der Waals surface area contributed by atoms with Crippen molar-refractivity contribution < 1.29 is 9.53 Å². The fraction of sp³-hybridized carbons (Fsp3) is 0.500. The SMILES string of the molecule is CC1CCC(C(=O)OCc2ccccc2)CN1. The number of carbonyl (C=O) groups is 1. The zero-order valence-electron chi connectivity index (χ0n) is 10.2. The number of benzene rings is 1. The molecule has 1 fully saturated rings. The molecule has 1 aliphatic rings. The molecule has 1 heterocycles. The van der Waals surface area contributed by atoms with Crippen molar-refractivity contribution in [2.24, 2.45) is 5.92 Å². The Kier molecular flexibility index (Phi) is 4.15. The lowest BCUT2D eigenvalue weighted by molar-refractivity contribution is -0.150. The maximum Gasteiger partial charge on any atom is 0.310 e. The van der Waals surface area contributed by atoms with Crippen LogP contribution in [0.1, 0.15) is 25.3 Å². The van der Waals surface area contributed by atoms with E-state index < -0.39 is 0 Å². The monoisotopic (exact) mass is 233 g/mol. The first-order valence-corrected chi connectivity index (χ1v) is 6.19. The summed E-state index contributed by atoms with van der Waals surface area (Å²) in [6, 6.07) is 10.3. The molecule has 3 nitrogen and oxygen atoms in total. The molecule has 0 saturated carbocycles. The van der Waals surface area contributed by atoms with Crippen LogP contribution in [-0.4, -0.2) is 18.6 Å². The number of rotatable bonds is 3. The van der Waals surface area contributed by atoms with E-state index in [-0.39, 0.29) is 11.9 Å². The van der Waals surface area contributed by atoms with Gasteiger partial charge in [-0.25, -0.2) is 0 Å². The van der Waals surface area contributed by atoms with Crippen LogP contribution in [0.5, 0.6) is 0 Å². The number of hydrogen-bond donors (Lipinski definition) is 1. The maximum absolute atomic E-state index is 11.8. The standard InChI is InChI=1S/C14H19NO2/c1-11-7-8-13(9-15-11)14(16)17-10-12-5-3-2-4-6-12/h2-6,11,13,15H,7-10H2,1H3. The first-order chi connectivity index (χ1) is 8.25. The Labute approximate surface area is 102 Å². The Morgan fingerprint density at radius 2 is 2.12 bits per heavy atom. The molecule has 2 atom stereocenters. The molecule has 92 valence electrons. The maximum atomic E-state index is 11.8. The van der Waals surface area contributed by atoms with Crippen LogP contribution in [0.3, 0.4) is 0 Å². The van der Waals surface area contributed by atoms with Gasteiger partial charge in [0.25, 0.3) is 0 Å². The summed E-state index contributed by atoms with van der Waals surface area (Å²) in [7, 11) is 0. The summed E-state index contributed by atoms with van der Waals surface area (Å²) in [6.07, 6.45) is 1.98. The van der Waals surface area contributed by atoms with Crippen molar-refractivity contribution in [2.45, 2.75) is 32.4 Å². The van der Waals surface area contributed by atoms with E-state index in [2.05, 4.69) is 12.2 Å². The van der Waals surface area contributed by atoms with Gasteiger partial charge in [-0.3, -0.25) is 4.79 Å². The summed E-state index contributed by atoms with van der Waals surface area (Å²) in [5, 5.41) is 3.31. The Morgan fingerprint density at radius 1 is 1.35 bits per heavy atom. The van der Waals surface area contributed by atoms with Crippen molar-refractivity contribution in [3.05, 3.63) is 35.9 Å². The van der Waals surface area contributed by atoms with Gasteiger partial charge in [0.2, 0.25) is 0 Å². The van der Waals surface area contributed by atoms with Gasteiger partial charge in [0.1, 0.15) is 6.61 Å². The highest BCUT2D eigenvalue weighted by Gasteiger charge is 2.24. The number of carbonyl (C=O) groups excluding carboxylic acids is 1. The van der Waals surface area contributed by atoms with Crippen molar-refractivity contribution in [1.29, 1.82) is 0 Å². The Hall–Kier alpha value is -1.35. The minimum absolute atomic E-state index is 0.0231. The fourth-order valence-corrected chi connectivity index (χ4v) is 2.05. The summed E-state index contributed by atoms with van der Waals surface area (Å²) in [6.45, 7) is 3.27. The van der Waals surface area contributed by atoms with Crippen molar-refractivity contribution in [1.82, 2.24) is 5.32 Å². The topological polar surface area (TPSA) is 38.3 Å². The molecule has 0 aromatic heterocycles. The van der Waals surface area contributed by atoms with Gasteiger partial charge < -0.3 is 10.1 Å². The quantitative estimate of drug-likeness (QED) is 0.813. The first kappa shape index (κ1) is 12.1. The zero-order valence-corrected chi connectivity index (χ0v) is 10.2. The van der Waals surface area contributed by atoms with E-state index >= 15 is 0 Å². The van der Waals surface area contributed by atoms with E-state index in [0.29, 0.717) is 12.6 Å². The predicted octanol–water partition coefficient (Wildman–Crippen LogP) is 2.12. The third-order valence-electron chi connectivity index (χ3n) is 3.22. The number of nitrogens with one attached hydrogen (secondary N) is 1. The van der Waals surface area contributed by atoms with Gasteiger partial charge in [0, 0.05) is 12.6 Å². The second-order valence-corrected chi connectivity index (χ2v) is 4.68. The van der Waals surface area contributed by atoms with Gasteiger partial charge in [0.05, 0.1) is 5.92 Å². The highest BCUT2D eigenvalue weighted by molar-refractivity contribution is 5.72. The minimum atomic E-state index is -0.0757. The molecule has 1 saturated heterocycles. The van der Waals surface area contributed by atoms with Crippen LogP contribution in [0.4, 0.5) is 0 Å². The molecule has 17 heavy (non-hydrogen) atoms. The van der Waals surface area contributed by atoms with Crippen molar-refractivity contribution in [3.8, 4) is 0 Å². The number of esters is 1. The van der Waals surface area contributed by atoms with Crippen molar-refractivity contribution in [2.75, 3.05) is 6.54 Å². The van der Waals surface area contributed by atoms with Gasteiger partial charge in [-0.2, -0.15) is 0 Å². The average molecular weight is 233 g/mol. The summed E-state index contributed by atoms with van der Waals surface area (Å²) in [5.74, 6) is -0.0526. The minimum Gasteiger partial charge on any atom is -0.461 e. The molecule has 0 aliphatic carbocycles. The molecule has 1 aromatic rings. The summed E-state index contributed by atoms with van der Waals surface area (Å²) in [4.78, 5) is 11.8. The molecule has 0 spiro atoms. The molecule has 0 radical (unpaired) electrons. The third kappa shape index (κ3) is 3.56. The van der Waals surface area contributed by atoms with Gasteiger partial charge in [0.15, 0.2) is 0 Å². The van der Waals surface area contributed by atoms with Gasteiger partial charge in [-0.1, -0.05) is 30.3 Å². The summed E-state index contributed by atoms with van der Waals surface area (Å²) >= 11 is 0. The van der Waals surface area contributed by atoms with Gasteiger partial charge >= 0.3 is 5.97 Å². The lowest BCUT2D eigenvalue weighted by Gasteiger charge is -2.26. The van der Waals surface area contributed by atoms with Gasteiger partial charge in [-0.05, 0) is 25.3 Å². The largest absolute Gasteiger partial charge is 0.461 e. The molecule has 1 N–H and O–H groups in total. The smallest absolute Gasteiger partial charge is 0.310 e. The number of piperidine rings is 1. The van der Waals surface area contributed by atoms with Crippen molar-refractivity contribution >= 4 is 5.97 Å². The highest BCUT2D eigenvalue weighted by atomic mass is 16.5. The molecular weight excluding hydrogens is 214 g/mol. The Bertz CT molecular complexity index is 356. The number of ether oxygens (including phenoxy) is 1. The molecule has 0 amide bonds. The second-order valence-electron chi connectivity index (χ2n) is 4.68. The van der Waals surface area contributed by atoms with Gasteiger partial charge in [-0.15, -0.1) is 0 Å². The summed E-state index contributed by atoms with van der Waals surface area (Å²) < 4.78 is 5.32. The molecule has 1 aromatic carbocycles. The van der Waals surface area contributed by atoms with E-state index in [1.165, 1.54) is 0 Å². The number of hydrogen-bond acceptors (Lipinski definition) is 3. The van der Waals surface area contributed by atoms with Crippen LogP contribution < -0.4 is 5.32 Å². The molecule has 3 heteroatoms. The predicted molar refractivity (Wildman–Crippen MR) is 66.4 cm³/mol. The zero-order chi connectivity index (χ0) is 12.1. The Morgan fingerprint density at radius 3 is 2.76 bits per heavy atom. The van der Waals surface area contributed by atoms with Crippen LogP contribution in [0, 0.1) is 5.92 Å². The Balaban J connectivity index is 1.78. The summed E-state index contributed by atoms with van der Waals surface area (Å²) in [5.41, 5.74) is 1.04. The first-order valence-electron chi connectivity index (χ1n) is 6.19. The van der Waals surface area contributed by atoms with Crippen LogP contribution in [0.25, 0.3) is 0 Å². The fourth-order valence-electron chi connectivity index (χ4n) is 2.05. The molecule has 0 bridgehead atoms. The van der Waals surface area contributed by atoms with Crippen molar-refractivity contribution in [3.63, 3.8) is 0 Å². The lowest BCUT2D eigenvalue weighted by Crippen LogP contribution is -2.40. The molecular formula is C14H19NO2. The second kappa shape index (κ2) is 5.82. The molecule has 2 unspecified atom stereocenters. The average Bonchev–Trinajstić information content (AvgIpc) is 2.38. The lowest BCUT2D eigenvalue weighted by atomic mass is 9.96. The van der Waals surface area contributed by atoms with E-state index in [4.69, 9.17) is 4.74 Å². The molecule has 2 rings (SSSR count). The van der Waals surface area contributed by atoms with Crippen LogP contribution in [0.2, 0.25) is 0 Å². The van der Waals surface area contributed by atoms with Crippen LogP contribution >= 0.6 is 0 Å². The normalized spacial score (nSPS) is 24.3. The van der Waals surface area contributed by atoms with E-state index in [1.54, 1.807) is 0 Å². The van der Waals surface area contributed by atoms with E-state index in [9.17, 15) is 4.79 Å². The highest BCUT2D eigenvalue weighted by Crippen LogP contribution is 2.16. The van der Waals surface area contributed by atoms with E-state index in [0.717, 1.165) is 24.9 Å². The van der Waals surface area contributed by atoms with Crippen LogP contribution in [0.15, 0.2) is 30.3 Å². The molecule has 1 aliphatic heterocycles. The van der Waals surface area contributed by atoms with E-state index in [1.807, 2.05) is 30.3 Å².